The minimum absolute atomic E-state index is 0.187. The van der Waals surface area contributed by atoms with Crippen LogP contribution in [0.2, 0.25) is 5.02 Å². The van der Waals surface area contributed by atoms with Gasteiger partial charge in [-0.05, 0) is 36.8 Å². The number of halogens is 1. The van der Waals surface area contributed by atoms with E-state index in [0.717, 1.165) is 18.8 Å². The molecule has 1 unspecified atom stereocenters. The molecule has 8 heteroatoms. The highest BCUT2D eigenvalue weighted by atomic mass is 35.5. The first-order valence-corrected chi connectivity index (χ1v) is 9.95. The van der Waals surface area contributed by atoms with Gasteiger partial charge in [-0.3, -0.25) is 4.90 Å². The molecule has 0 aliphatic carbocycles. The molecule has 1 saturated heterocycles. The van der Waals surface area contributed by atoms with E-state index in [1.54, 1.807) is 37.5 Å². The van der Waals surface area contributed by atoms with Gasteiger partial charge in [-0.15, -0.1) is 0 Å². The third kappa shape index (κ3) is 4.24. The van der Waals surface area contributed by atoms with E-state index in [1.807, 2.05) is 6.07 Å². The molecule has 136 valence electrons. The summed E-state index contributed by atoms with van der Waals surface area (Å²) in [6, 6.07) is 8.34. The minimum Gasteiger partial charge on any atom is -0.468 e. The number of hydrogen-bond acceptors (Lipinski definition) is 5. The molecule has 0 bridgehead atoms. The van der Waals surface area contributed by atoms with E-state index in [0.29, 0.717) is 23.8 Å². The van der Waals surface area contributed by atoms with Gasteiger partial charge in [-0.2, -0.15) is 0 Å². The maximum Gasteiger partial charge on any atom is 0.240 e. The van der Waals surface area contributed by atoms with Crippen molar-refractivity contribution >= 4 is 21.6 Å². The van der Waals surface area contributed by atoms with Crippen molar-refractivity contribution in [1.82, 2.24) is 9.62 Å². The molecule has 2 heterocycles. The summed E-state index contributed by atoms with van der Waals surface area (Å²) in [7, 11) is -3.67. The van der Waals surface area contributed by atoms with E-state index in [-0.39, 0.29) is 17.5 Å². The Morgan fingerprint density at radius 3 is 2.68 bits per heavy atom. The molecule has 1 aromatic carbocycles. The topological polar surface area (TPSA) is 71.8 Å². The van der Waals surface area contributed by atoms with Crippen molar-refractivity contribution in [2.45, 2.75) is 17.9 Å². The van der Waals surface area contributed by atoms with E-state index in [2.05, 4.69) is 9.62 Å². The number of furan rings is 1. The summed E-state index contributed by atoms with van der Waals surface area (Å²) in [6.07, 6.45) is 1.60. The lowest BCUT2D eigenvalue weighted by Crippen LogP contribution is -2.43. The summed E-state index contributed by atoms with van der Waals surface area (Å²) in [4.78, 5) is 2.36. The number of hydrogen-bond donors (Lipinski definition) is 1. The Kier molecular flexibility index (Phi) is 5.81. The lowest BCUT2D eigenvalue weighted by Gasteiger charge is -2.33. The molecule has 1 atom stereocenters. The zero-order valence-electron chi connectivity index (χ0n) is 13.9. The Morgan fingerprint density at radius 2 is 2.00 bits per heavy atom. The second-order valence-corrected chi connectivity index (χ2v) is 8.04. The molecule has 2 aromatic rings. The van der Waals surface area contributed by atoms with Gasteiger partial charge in [0.15, 0.2) is 0 Å². The van der Waals surface area contributed by atoms with Crippen molar-refractivity contribution in [1.29, 1.82) is 0 Å². The van der Waals surface area contributed by atoms with Crippen LogP contribution in [0.5, 0.6) is 0 Å². The fraction of sp³-hybridized carbons (Fsp3) is 0.412. The van der Waals surface area contributed by atoms with Gasteiger partial charge >= 0.3 is 0 Å². The standard InChI is InChI=1S/C17H21ClN2O4S/c1-13-14(18)4-2-6-17(13)25(21,22)19-12-15(16-5-3-9-24-16)20-7-10-23-11-8-20/h2-6,9,15,19H,7-8,10-12H2,1H3. The molecular formula is C17H21ClN2O4S. The summed E-state index contributed by atoms with van der Waals surface area (Å²) < 4.78 is 39.0. The van der Waals surface area contributed by atoms with Gasteiger partial charge in [0, 0.05) is 24.7 Å². The molecule has 0 amide bonds. The van der Waals surface area contributed by atoms with Crippen LogP contribution in [-0.4, -0.2) is 46.2 Å². The monoisotopic (exact) mass is 384 g/mol. The summed E-state index contributed by atoms with van der Waals surface area (Å²) in [5.74, 6) is 0.729. The second-order valence-electron chi connectivity index (χ2n) is 5.89. The molecule has 0 saturated carbocycles. The molecule has 3 rings (SSSR count). The molecule has 0 radical (unpaired) electrons. The van der Waals surface area contributed by atoms with Crippen molar-refractivity contribution in [2.75, 3.05) is 32.8 Å². The fourth-order valence-corrected chi connectivity index (χ4v) is 4.46. The molecule has 1 aromatic heterocycles. The van der Waals surface area contributed by atoms with Gasteiger partial charge in [-0.25, -0.2) is 13.1 Å². The smallest absolute Gasteiger partial charge is 0.240 e. The van der Waals surface area contributed by atoms with Gasteiger partial charge in [0.1, 0.15) is 5.76 Å². The van der Waals surface area contributed by atoms with Crippen LogP contribution in [0.4, 0.5) is 0 Å². The van der Waals surface area contributed by atoms with Crippen molar-refractivity contribution in [2.24, 2.45) is 0 Å². The van der Waals surface area contributed by atoms with Crippen LogP contribution in [0.25, 0.3) is 0 Å². The summed E-state index contributed by atoms with van der Waals surface area (Å²) in [5, 5.41) is 0.429. The molecular weight excluding hydrogens is 364 g/mol. The SMILES string of the molecule is Cc1c(Cl)cccc1S(=O)(=O)NCC(c1ccco1)N1CCOCC1. The third-order valence-electron chi connectivity index (χ3n) is 4.33. The number of sulfonamides is 1. The molecule has 6 nitrogen and oxygen atoms in total. The van der Waals surface area contributed by atoms with E-state index in [1.165, 1.54) is 0 Å². The van der Waals surface area contributed by atoms with Crippen LogP contribution in [0.1, 0.15) is 17.4 Å². The molecule has 1 aliphatic heterocycles. The van der Waals surface area contributed by atoms with Crippen LogP contribution in [0.15, 0.2) is 45.9 Å². The maximum atomic E-state index is 12.7. The zero-order chi connectivity index (χ0) is 17.9. The van der Waals surface area contributed by atoms with Crippen molar-refractivity contribution < 1.29 is 17.6 Å². The Bertz CT molecular complexity index is 802. The van der Waals surface area contributed by atoms with E-state index in [4.69, 9.17) is 20.8 Å². The highest BCUT2D eigenvalue weighted by Crippen LogP contribution is 2.25. The van der Waals surface area contributed by atoms with Crippen LogP contribution in [0.3, 0.4) is 0 Å². The number of benzene rings is 1. The molecule has 1 N–H and O–H groups in total. The number of morpholine rings is 1. The van der Waals surface area contributed by atoms with E-state index >= 15 is 0 Å². The average molecular weight is 385 g/mol. The van der Waals surface area contributed by atoms with Crippen LogP contribution in [-0.2, 0) is 14.8 Å². The van der Waals surface area contributed by atoms with E-state index < -0.39 is 10.0 Å². The van der Waals surface area contributed by atoms with Gasteiger partial charge in [0.05, 0.1) is 30.4 Å². The Morgan fingerprint density at radius 1 is 1.24 bits per heavy atom. The quantitative estimate of drug-likeness (QED) is 0.828. The van der Waals surface area contributed by atoms with Crippen LogP contribution >= 0.6 is 11.6 Å². The molecule has 25 heavy (non-hydrogen) atoms. The summed E-state index contributed by atoms with van der Waals surface area (Å²) >= 11 is 6.06. The number of ether oxygens (including phenoxy) is 1. The van der Waals surface area contributed by atoms with Gasteiger partial charge in [0.2, 0.25) is 10.0 Å². The summed E-state index contributed by atoms with van der Waals surface area (Å²) in [5.41, 5.74) is 0.539. The first-order valence-electron chi connectivity index (χ1n) is 8.09. The highest BCUT2D eigenvalue weighted by molar-refractivity contribution is 7.89. The number of rotatable bonds is 6. The second kappa shape index (κ2) is 7.88. The van der Waals surface area contributed by atoms with Crippen LogP contribution in [0, 0.1) is 6.92 Å². The van der Waals surface area contributed by atoms with E-state index in [9.17, 15) is 8.42 Å². The van der Waals surface area contributed by atoms with Gasteiger partial charge in [0.25, 0.3) is 0 Å². The van der Waals surface area contributed by atoms with Crippen LogP contribution < -0.4 is 4.72 Å². The first-order chi connectivity index (χ1) is 12.0. The normalized spacial score (nSPS) is 17.5. The fourth-order valence-electron chi connectivity index (χ4n) is 2.92. The maximum absolute atomic E-state index is 12.7. The number of nitrogens with one attached hydrogen (secondary N) is 1. The lowest BCUT2D eigenvalue weighted by atomic mass is 10.2. The van der Waals surface area contributed by atoms with Crippen molar-refractivity contribution in [3.05, 3.63) is 52.9 Å². The first kappa shape index (κ1) is 18.4. The Balaban J connectivity index is 1.79. The Labute approximate surface area is 152 Å². The summed E-state index contributed by atoms with van der Waals surface area (Å²) in [6.45, 7) is 4.60. The lowest BCUT2D eigenvalue weighted by molar-refractivity contribution is 0.0128. The predicted octanol–water partition coefficient (Wildman–Crippen LogP) is 2.59. The zero-order valence-corrected chi connectivity index (χ0v) is 15.5. The van der Waals surface area contributed by atoms with Crippen molar-refractivity contribution in [3.63, 3.8) is 0 Å². The largest absolute Gasteiger partial charge is 0.468 e. The average Bonchev–Trinajstić information content (AvgIpc) is 3.12. The number of nitrogens with zero attached hydrogens (tertiary/aromatic N) is 1. The van der Waals surface area contributed by atoms with Gasteiger partial charge in [-0.1, -0.05) is 17.7 Å². The molecule has 0 spiro atoms. The molecule has 1 aliphatic rings. The predicted molar refractivity (Wildman–Crippen MR) is 95.2 cm³/mol. The third-order valence-corrected chi connectivity index (χ3v) is 6.31. The Hall–Kier alpha value is -1.38. The molecule has 1 fully saturated rings. The highest BCUT2D eigenvalue weighted by Gasteiger charge is 2.27. The minimum atomic E-state index is -3.67. The van der Waals surface area contributed by atoms with Crippen molar-refractivity contribution in [3.8, 4) is 0 Å². The van der Waals surface area contributed by atoms with Gasteiger partial charge < -0.3 is 9.15 Å².